The second-order valence-corrected chi connectivity index (χ2v) is 6.03. The van der Waals surface area contributed by atoms with Crippen LogP contribution in [0, 0.1) is 0 Å². The van der Waals surface area contributed by atoms with Crippen LogP contribution < -0.4 is 10.1 Å². The summed E-state index contributed by atoms with van der Waals surface area (Å²) in [6.07, 6.45) is 2.42. The van der Waals surface area contributed by atoms with Crippen LogP contribution in [-0.2, 0) is 4.79 Å². The van der Waals surface area contributed by atoms with Gasteiger partial charge in [-0.3, -0.25) is 14.6 Å². The van der Waals surface area contributed by atoms with Gasteiger partial charge in [0.1, 0.15) is 29.1 Å². The van der Waals surface area contributed by atoms with Crippen LogP contribution in [0.1, 0.15) is 23.7 Å². The molecule has 0 aliphatic heterocycles. The molecule has 1 amide bonds. The van der Waals surface area contributed by atoms with Crippen LogP contribution >= 0.6 is 0 Å². The largest absolute Gasteiger partial charge is 0.507 e. The lowest BCUT2D eigenvalue weighted by molar-refractivity contribution is -0.135. The lowest BCUT2D eigenvalue weighted by Gasteiger charge is -2.09. The van der Waals surface area contributed by atoms with E-state index in [1.54, 1.807) is 6.07 Å². The lowest BCUT2D eigenvalue weighted by atomic mass is 10.1. The van der Waals surface area contributed by atoms with Crippen molar-refractivity contribution in [2.45, 2.75) is 13.3 Å². The molecule has 28 heavy (non-hydrogen) atoms. The Morgan fingerprint density at radius 2 is 1.89 bits per heavy atom. The number of phenolic OH excluding ortho intramolecular Hbond substituents is 1. The van der Waals surface area contributed by atoms with Gasteiger partial charge in [0, 0.05) is 5.56 Å². The van der Waals surface area contributed by atoms with E-state index < -0.39 is 18.4 Å². The summed E-state index contributed by atoms with van der Waals surface area (Å²) in [5, 5.41) is 21.0. The smallest absolute Gasteiger partial charge is 0.322 e. The number of carboxylic acid groups (broad SMARTS) is 1. The zero-order valence-electron chi connectivity index (χ0n) is 15.2. The van der Waals surface area contributed by atoms with Gasteiger partial charge in [-0.2, -0.15) is 0 Å². The normalized spacial score (nSPS) is 10.6. The number of hydrogen-bond acceptors (Lipinski definition) is 6. The van der Waals surface area contributed by atoms with Crippen LogP contribution in [0.3, 0.4) is 0 Å². The number of aromatic nitrogens is 2. The molecule has 0 atom stereocenters. The molecule has 1 heterocycles. The first-order valence-electron chi connectivity index (χ1n) is 8.71. The second kappa shape index (κ2) is 8.34. The van der Waals surface area contributed by atoms with Crippen LogP contribution in [0.15, 0.2) is 42.6 Å². The second-order valence-electron chi connectivity index (χ2n) is 6.03. The highest BCUT2D eigenvalue weighted by Crippen LogP contribution is 2.27. The summed E-state index contributed by atoms with van der Waals surface area (Å²) in [6, 6.07) is 10.3. The topological polar surface area (TPSA) is 122 Å². The molecule has 0 fully saturated rings. The van der Waals surface area contributed by atoms with Crippen molar-refractivity contribution in [2.24, 2.45) is 0 Å². The zero-order valence-corrected chi connectivity index (χ0v) is 15.2. The van der Waals surface area contributed by atoms with Gasteiger partial charge in [0.25, 0.3) is 5.91 Å². The van der Waals surface area contributed by atoms with E-state index in [2.05, 4.69) is 15.3 Å². The molecule has 2 aromatic carbocycles. The predicted molar refractivity (Wildman–Crippen MR) is 102 cm³/mol. The van der Waals surface area contributed by atoms with Gasteiger partial charge in [0.2, 0.25) is 0 Å². The SMILES string of the molecule is CCCOc1ccc(-c2cnc3c(C(=O)NCC(=O)O)c(O)ccc3n2)cc1. The molecule has 0 saturated heterocycles. The van der Waals surface area contributed by atoms with E-state index in [1.165, 1.54) is 12.3 Å². The molecule has 1 aromatic heterocycles. The molecule has 0 radical (unpaired) electrons. The van der Waals surface area contributed by atoms with E-state index in [-0.39, 0.29) is 16.8 Å². The van der Waals surface area contributed by atoms with Crippen molar-refractivity contribution in [3.8, 4) is 22.8 Å². The zero-order chi connectivity index (χ0) is 20.1. The molecule has 0 aliphatic carbocycles. The molecular weight excluding hydrogens is 362 g/mol. The van der Waals surface area contributed by atoms with Crippen LogP contribution in [0.4, 0.5) is 0 Å². The van der Waals surface area contributed by atoms with Gasteiger partial charge in [0.15, 0.2) is 0 Å². The highest BCUT2D eigenvalue weighted by atomic mass is 16.5. The Bertz CT molecular complexity index is 1020. The third kappa shape index (κ3) is 4.17. The van der Waals surface area contributed by atoms with Crippen molar-refractivity contribution >= 4 is 22.9 Å². The first-order valence-corrected chi connectivity index (χ1v) is 8.71. The number of nitrogens with zero attached hydrogens (tertiary/aromatic N) is 2. The molecule has 8 nitrogen and oxygen atoms in total. The summed E-state index contributed by atoms with van der Waals surface area (Å²) in [5.41, 5.74) is 1.90. The van der Waals surface area contributed by atoms with Crippen molar-refractivity contribution in [1.82, 2.24) is 15.3 Å². The van der Waals surface area contributed by atoms with Gasteiger partial charge in [-0.25, -0.2) is 4.98 Å². The highest BCUT2D eigenvalue weighted by molar-refractivity contribution is 6.08. The van der Waals surface area contributed by atoms with Crippen LogP contribution in [0.25, 0.3) is 22.3 Å². The molecule has 3 rings (SSSR count). The Hall–Kier alpha value is -3.68. The molecular formula is C20H19N3O5. The number of aromatic hydroxyl groups is 1. The number of carboxylic acids is 1. The molecule has 8 heteroatoms. The number of fused-ring (bicyclic) bond motifs is 1. The number of ether oxygens (including phenoxy) is 1. The fourth-order valence-corrected chi connectivity index (χ4v) is 2.62. The summed E-state index contributed by atoms with van der Waals surface area (Å²) in [7, 11) is 0. The number of amides is 1. The third-order valence-electron chi connectivity index (χ3n) is 3.94. The summed E-state index contributed by atoms with van der Waals surface area (Å²) in [6.45, 7) is 2.12. The van der Waals surface area contributed by atoms with Crippen LogP contribution in [0.2, 0.25) is 0 Å². The van der Waals surface area contributed by atoms with Crippen molar-refractivity contribution in [2.75, 3.05) is 13.2 Å². The number of nitrogens with one attached hydrogen (secondary N) is 1. The number of carbonyl (C=O) groups is 2. The Balaban J connectivity index is 1.93. The van der Waals surface area contributed by atoms with Crippen molar-refractivity contribution in [1.29, 1.82) is 0 Å². The number of phenols is 1. The Morgan fingerprint density at radius 1 is 1.14 bits per heavy atom. The van der Waals surface area contributed by atoms with Gasteiger partial charge in [-0.05, 0) is 42.8 Å². The minimum atomic E-state index is -1.19. The monoisotopic (exact) mass is 381 g/mol. The number of benzene rings is 2. The average molecular weight is 381 g/mol. The fourth-order valence-electron chi connectivity index (χ4n) is 2.62. The molecule has 3 N–H and O–H groups in total. The van der Waals surface area contributed by atoms with Gasteiger partial charge >= 0.3 is 5.97 Å². The fraction of sp³-hybridized carbons (Fsp3) is 0.200. The summed E-state index contributed by atoms with van der Waals surface area (Å²) >= 11 is 0. The number of aliphatic carboxylic acids is 1. The number of rotatable bonds is 7. The van der Waals surface area contributed by atoms with Gasteiger partial charge in [-0.15, -0.1) is 0 Å². The molecule has 3 aromatic rings. The molecule has 0 saturated carbocycles. The quantitative estimate of drug-likeness (QED) is 0.575. The Kier molecular flexibility index (Phi) is 5.69. The van der Waals surface area contributed by atoms with Gasteiger partial charge < -0.3 is 20.3 Å². The predicted octanol–water partition coefficient (Wildman–Crippen LogP) is 2.61. The van der Waals surface area contributed by atoms with E-state index in [0.29, 0.717) is 17.8 Å². The van der Waals surface area contributed by atoms with Gasteiger partial charge in [-0.1, -0.05) is 6.92 Å². The highest BCUT2D eigenvalue weighted by Gasteiger charge is 2.18. The Morgan fingerprint density at radius 3 is 2.57 bits per heavy atom. The summed E-state index contributed by atoms with van der Waals surface area (Å²) in [5.74, 6) is -1.45. The minimum Gasteiger partial charge on any atom is -0.507 e. The van der Waals surface area contributed by atoms with E-state index in [0.717, 1.165) is 17.7 Å². The van der Waals surface area contributed by atoms with Crippen LogP contribution in [0.5, 0.6) is 11.5 Å². The van der Waals surface area contributed by atoms with Crippen molar-refractivity contribution in [3.05, 3.63) is 48.2 Å². The molecule has 0 aliphatic rings. The maximum atomic E-state index is 12.2. The molecule has 0 bridgehead atoms. The van der Waals surface area contributed by atoms with Crippen molar-refractivity contribution < 1.29 is 24.5 Å². The standard InChI is InChI=1S/C20H19N3O5/c1-2-9-28-13-5-3-12(4-6-13)15-10-21-19-14(23-15)7-8-16(24)18(19)20(27)22-11-17(25)26/h3-8,10,24H,2,9,11H2,1H3,(H,22,27)(H,25,26). The molecule has 0 unspecified atom stereocenters. The maximum absolute atomic E-state index is 12.2. The maximum Gasteiger partial charge on any atom is 0.322 e. The van der Waals surface area contributed by atoms with Crippen LogP contribution in [-0.4, -0.2) is 45.2 Å². The van der Waals surface area contributed by atoms with E-state index in [1.807, 2.05) is 31.2 Å². The van der Waals surface area contributed by atoms with Gasteiger partial charge in [0.05, 0.1) is 24.0 Å². The first kappa shape index (κ1) is 19.1. The minimum absolute atomic E-state index is 0.110. The first-order chi connectivity index (χ1) is 13.5. The summed E-state index contributed by atoms with van der Waals surface area (Å²) in [4.78, 5) is 31.7. The molecule has 0 spiro atoms. The van der Waals surface area contributed by atoms with E-state index >= 15 is 0 Å². The average Bonchev–Trinajstić information content (AvgIpc) is 2.70. The third-order valence-corrected chi connectivity index (χ3v) is 3.94. The molecule has 144 valence electrons. The van der Waals surface area contributed by atoms with E-state index in [4.69, 9.17) is 9.84 Å². The number of hydrogen-bond donors (Lipinski definition) is 3. The number of carbonyl (C=O) groups excluding carboxylic acids is 1. The lowest BCUT2D eigenvalue weighted by Crippen LogP contribution is -2.29. The van der Waals surface area contributed by atoms with E-state index in [9.17, 15) is 14.7 Å². The Labute approximate surface area is 160 Å². The summed E-state index contributed by atoms with van der Waals surface area (Å²) < 4.78 is 5.56. The van der Waals surface area contributed by atoms with Crippen molar-refractivity contribution in [3.63, 3.8) is 0 Å².